The Balaban J connectivity index is 1.75. The van der Waals surface area contributed by atoms with E-state index in [4.69, 9.17) is 4.74 Å². The highest BCUT2D eigenvalue weighted by molar-refractivity contribution is 5.70. The summed E-state index contributed by atoms with van der Waals surface area (Å²) in [6, 6.07) is 10.6. The molecule has 0 heterocycles. The molecule has 0 saturated heterocycles. The fourth-order valence-electron chi connectivity index (χ4n) is 4.27. The van der Waals surface area contributed by atoms with Crippen LogP contribution < -0.4 is 0 Å². The first-order chi connectivity index (χ1) is 9.71. The van der Waals surface area contributed by atoms with Crippen molar-refractivity contribution in [3.63, 3.8) is 0 Å². The van der Waals surface area contributed by atoms with Gasteiger partial charge in [0.15, 0.2) is 0 Å². The van der Waals surface area contributed by atoms with Crippen LogP contribution in [0.25, 0.3) is 0 Å². The van der Waals surface area contributed by atoms with E-state index in [0.717, 1.165) is 18.3 Å². The van der Waals surface area contributed by atoms with Gasteiger partial charge in [-0.15, -0.1) is 0 Å². The number of fused-ring (bicyclic) bond motifs is 1. The minimum atomic E-state index is -0.00951. The molecule has 1 aromatic carbocycles. The summed E-state index contributed by atoms with van der Waals surface area (Å²) in [6.07, 6.45) is 6.78. The molecule has 0 bridgehead atoms. The topological polar surface area (TPSA) is 26.3 Å². The van der Waals surface area contributed by atoms with Gasteiger partial charge in [0.2, 0.25) is 0 Å². The quantitative estimate of drug-likeness (QED) is 0.758. The van der Waals surface area contributed by atoms with Crippen LogP contribution in [-0.4, -0.2) is 12.6 Å². The molecule has 1 aromatic rings. The molecule has 2 heteroatoms. The van der Waals surface area contributed by atoms with Crippen LogP contribution in [-0.2, 0) is 16.0 Å². The first kappa shape index (κ1) is 13.7. The van der Waals surface area contributed by atoms with Crippen LogP contribution in [0.5, 0.6) is 0 Å². The average Bonchev–Trinajstić information content (AvgIpc) is 2.65. The number of carbonyl (C=O) groups is 1. The standard InChI is InChI=1S/C18H24O2/c1-2-20-17(19)13-18(10-14-6-4-3-5-7-14)11-15-8-9-16(15)12-18/h3-7,15-16H,2,8-13H2,1H3/t15-,16+,18+. The van der Waals surface area contributed by atoms with E-state index in [1.807, 2.05) is 6.92 Å². The highest BCUT2D eigenvalue weighted by atomic mass is 16.5. The molecule has 0 unspecified atom stereocenters. The van der Waals surface area contributed by atoms with Gasteiger partial charge in [0.05, 0.1) is 13.0 Å². The minimum absolute atomic E-state index is 0.00951. The van der Waals surface area contributed by atoms with Crippen molar-refractivity contribution in [2.75, 3.05) is 6.61 Å². The second-order valence-electron chi connectivity index (χ2n) is 6.65. The monoisotopic (exact) mass is 272 g/mol. The smallest absolute Gasteiger partial charge is 0.306 e. The third-order valence-corrected chi connectivity index (χ3v) is 5.21. The molecule has 0 N–H and O–H groups in total. The van der Waals surface area contributed by atoms with E-state index in [9.17, 15) is 4.79 Å². The molecule has 2 nitrogen and oxygen atoms in total. The highest BCUT2D eigenvalue weighted by Crippen LogP contribution is 2.58. The van der Waals surface area contributed by atoms with Crippen LogP contribution in [0.15, 0.2) is 30.3 Å². The summed E-state index contributed by atoms with van der Waals surface area (Å²) in [4.78, 5) is 12.0. The molecule has 20 heavy (non-hydrogen) atoms. The zero-order valence-corrected chi connectivity index (χ0v) is 12.3. The lowest BCUT2D eigenvalue weighted by Crippen LogP contribution is -2.25. The zero-order chi connectivity index (χ0) is 14.0. The van der Waals surface area contributed by atoms with Gasteiger partial charge < -0.3 is 4.74 Å². The third kappa shape index (κ3) is 2.74. The molecule has 0 aliphatic heterocycles. The second-order valence-corrected chi connectivity index (χ2v) is 6.65. The van der Waals surface area contributed by atoms with Crippen molar-refractivity contribution < 1.29 is 9.53 Å². The van der Waals surface area contributed by atoms with E-state index in [1.54, 1.807) is 0 Å². The van der Waals surface area contributed by atoms with Crippen molar-refractivity contribution in [2.24, 2.45) is 17.3 Å². The Morgan fingerprint density at radius 3 is 2.40 bits per heavy atom. The van der Waals surface area contributed by atoms with Gasteiger partial charge in [0.25, 0.3) is 0 Å². The van der Waals surface area contributed by atoms with Crippen molar-refractivity contribution in [3.8, 4) is 0 Å². The number of rotatable bonds is 5. The predicted octanol–water partition coefficient (Wildman–Crippen LogP) is 3.99. The van der Waals surface area contributed by atoms with Gasteiger partial charge >= 0.3 is 5.97 Å². The van der Waals surface area contributed by atoms with Gasteiger partial charge in [0.1, 0.15) is 0 Å². The van der Waals surface area contributed by atoms with Gasteiger partial charge in [0, 0.05) is 0 Å². The Morgan fingerprint density at radius 1 is 1.20 bits per heavy atom. The normalized spacial score (nSPS) is 31.4. The molecule has 3 rings (SSSR count). The lowest BCUT2D eigenvalue weighted by atomic mass is 9.76. The van der Waals surface area contributed by atoms with Crippen molar-refractivity contribution in [3.05, 3.63) is 35.9 Å². The predicted molar refractivity (Wildman–Crippen MR) is 79.3 cm³/mol. The third-order valence-electron chi connectivity index (χ3n) is 5.21. The molecular formula is C18H24O2. The molecule has 0 aromatic heterocycles. The summed E-state index contributed by atoms with van der Waals surface area (Å²) in [7, 11) is 0. The van der Waals surface area contributed by atoms with Crippen LogP contribution in [0.2, 0.25) is 0 Å². The average molecular weight is 272 g/mol. The van der Waals surface area contributed by atoms with E-state index in [-0.39, 0.29) is 11.4 Å². The first-order valence-corrected chi connectivity index (χ1v) is 7.90. The van der Waals surface area contributed by atoms with Crippen LogP contribution in [0.3, 0.4) is 0 Å². The van der Waals surface area contributed by atoms with E-state index in [2.05, 4.69) is 30.3 Å². The number of esters is 1. The van der Waals surface area contributed by atoms with Gasteiger partial charge in [-0.3, -0.25) is 4.79 Å². The van der Waals surface area contributed by atoms with E-state index < -0.39 is 0 Å². The number of hydrogen-bond donors (Lipinski definition) is 0. The maximum absolute atomic E-state index is 12.0. The van der Waals surface area contributed by atoms with Gasteiger partial charge in [-0.2, -0.15) is 0 Å². The molecule has 0 radical (unpaired) electrons. The highest BCUT2D eigenvalue weighted by Gasteiger charge is 2.49. The Bertz CT molecular complexity index is 454. The van der Waals surface area contributed by atoms with Crippen molar-refractivity contribution in [2.45, 2.75) is 45.4 Å². The summed E-state index contributed by atoms with van der Waals surface area (Å²) in [5.74, 6) is 1.73. The Morgan fingerprint density at radius 2 is 1.85 bits per heavy atom. The molecule has 0 spiro atoms. The number of hydrogen-bond acceptors (Lipinski definition) is 2. The second kappa shape index (κ2) is 5.59. The fourth-order valence-corrected chi connectivity index (χ4v) is 4.27. The molecule has 108 valence electrons. The van der Waals surface area contributed by atoms with Crippen molar-refractivity contribution in [1.82, 2.24) is 0 Å². The molecule has 2 aliphatic rings. The van der Waals surface area contributed by atoms with E-state index in [1.165, 1.54) is 31.2 Å². The Hall–Kier alpha value is -1.31. The van der Waals surface area contributed by atoms with Crippen molar-refractivity contribution >= 4 is 5.97 Å². The van der Waals surface area contributed by atoms with Crippen LogP contribution in [0.1, 0.15) is 44.6 Å². The molecule has 0 amide bonds. The summed E-state index contributed by atoms with van der Waals surface area (Å²) in [5, 5.41) is 0. The minimum Gasteiger partial charge on any atom is -0.466 e. The number of ether oxygens (including phenoxy) is 1. The Kier molecular flexibility index (Phi) is 3.82. The van der Waals surface area contributed by atoms with E-state index >= 15 is 0 Å². The van der Waals surface area contributed by atoms with Gasteiger partial charge in [-0.25, -0.2) is 0 Å². The Labute approximate surface area is 121 Å². The molecule has 2 aliphatic carbocycles. The van der Waals surface area contributed by atoms with Crippen LogP contribution in [0, 0.1) is 17.3 Å². The fraction of sp³-hybridized carbons (Fsp3) is 0.611. The SMILES string of the molecule is CCOC(=O)C[C@@]1(Cc2ccccc2)C[C@H]2CC[C@H]2C1. The molecule has 2 saturated carbocycles. The first-order valence-electron chi connectivity index (χ1n) is 7.90. The maximum atomic E-state index is 12.0. The lowest BCUT2D eigenvalue weighted by Gasteiger charge is -2.29. The van der Waals surface area contributed by atoms with Crippen LogP contribution >= 0.6 is 0 Å². The largest absolute Gasteiger partial charge is 0.466 e. The zero-order valence-electron chi connectivity index (χ0n) is 12.3. The lowest BCUT2D eigenvalue weighted by molar-refractivity contribution is -0.145. The number of benzene rings is 1. The summed E-state index contributed by atoms with van der Waals surface area (Å²) >= 11 is 0. The number of carbonyl (C=O) groups excluding carboxylic acids is 1. The maximum Gasteiger partial charge on any atom is 0.306 e. The summed E-state index contributed by atoms with van der Waals surface area (Å²) in [6.45, 7) is 2.38. The van der Waals surface area contributed by atoms with Gasteiger partial charge in [-0.05, 0) is 61.8 Å². The molecule has 3 atom stereocenters. The summed E-state index contributed by atoms with van der Waals surface area (Å²) < 4.78 is 5.22. The molecule has 2 fully saturated rings. The summed E-state index contributed by atoms with van der Waals surface area (Å²) in [5.41, 5.74) is 1.51. The van der Waals surface area contributed by atoms with Crippen molar-refractivity contribution in [1.29, 1.82) is 0 Å². The van der Waals surface area contributed by atoms with Gasteiger partial charge in [-0.1, -0.05) is 30.3 Å². The van der Waals surface area contributed by atoms with E-state index in [0.29, 0.717) is 13.0 Å². The van der Waals surface area contributed by atoms with Crippen LogP contribution in [0.4, 0.5) is 0 Å². The molecular weight excluding hydrogens is 248 g/mol.